The standard InChI is InChI=1S/C19H20FN3O3/c1-11(21)13-7-8-17-16(9-13)23(19(25)12(2)26-17)10-18(24)22-15-6-4-3-5-14(15)20/h3-9,11-12H,10,21H2,1-2H3,(H,22,24). The lowest BCUT2D eigenvalue weighted by Gasteiger charge is -2.33. The predicted octanol–water partition coefficient (Wildman–Crippen LogP) is 2.60. The summed E-state index contributed by atoms with van der Waals surface area (Å²) < 4.78 is 19.3. The number of anilines is 2. The maximum Gasteiger partial charge on any atom is 0.268 e. The van der Waals surface area contributed by atoms with Gasteiger partial charge in [-0.3, -0.25) is 14.5 Å². The number of carbonyl (C=O) groups is 2. The van der Waals surface area contributed by atoms with Gasteiger partial charge in [-0.15, -0.1) is 0 Å². The second kappa shape index (κ2) is 7.13. The van der Waals surface area contributed by atoms with E-state index in [1.807, 2.05) is 13.0 Å². The van der Waals surface area contributed by atoms with Crippen molar-refractivity contribution in [3.63, 3.8) is 0 Å². The lowest BCUT2D eigenvalue weighted by atomic mass is 10.1. The summed E-state index contributed by atoms with van der Waals surface area (Å²) in [6.45, 7) is 3.19. The van der Waals surface area contributed by atoms with Gasteiger partial charge >= 0.3 is 0 Å². The molecule has 0 aliphatic carbocycles. The highest BCUT2D eigenvalue weighted by Crippen LogP contribution is 2.35. The highest BCUT2D eigenvalue weighted by Gasteiger charge is 2.33. The number of para-hydroxylation sites is 1. The van der Waals surface area contributed by atoms with Crippen LogP contribution in [0.4, 0.5) is 15.8 Å². The zero-order valence-corrected chi connectivity index (χ0v) is 14.5. The van der Waals surface area contributed by atoms with Gasteiger partial charge in [0.1, 0.15) is 18.1 Å². The molecule has 7 heteroatoms. The molecule has 1 aliphatic heterocycles. The van der Waals surface area contributed by atoms with E-state index < -0.39 is 17.8 Å². The van der Waals surface area contributed by atoms with Crippen LogP contribution < -0.4 is 20.7 Å². The third-order valence-electron chi connectivity index (χ3n) is 4.17. The number of ether oxygens (including phenoxy) is 1. The Balaban J connectivity index is 1.86. The highest BCUT2D eigenvalue weighted by molar-refractivity contribution is 6.06. The lowest BCUT2D eigenvalue weighted by Crippen LogP contribution is -2.47. The van der Waals surface area contributed by atoms with E-state index in [1.165, 1.54) is 23.1 Å². The largest absolute Gasteiger partial charge is 0.479 e. The van der Waals surface area contributed by atoms with Crippen molar-refractivity contribution in [1.29, 1.82) is 0 Å². The highest BCUT2D eigenvalue weighted by atomic mass is 19.1. The zero-order valence-electron chi connectivity index (χ0n) is 14.5. The molecule has 3 rings (SSSR count). The molecule has 0 aromatic heterocycles. The van der Waals surface area contributed by atoms with E-state index in [9.17, 15) is 14.0 Å². The molecule has 2 aromatic carbocycles. The van der Waals surface area contributed by atoms with Crippen LogP contribution >= 0.6 is 0 Å². The van der Waals surface area contributed by atoms with Crippen molar-refractivity contribution < 1.29 is 18.7 Å². The minimum Gasteiger partial charge on any atom is -0.479 e. The van der Waals surface area contributed by atoms with Crippen molar-refractivity contribution in [3.8, 4) is 5.75 Å². The summed E-state index contributed by atoms with van der Waals surface area (Å²) in [6, 6.07) is 10.9. The van der Waals surface area contributed by atoms with Gasteiger partial charge < -0.3 is 15.8 Å². The second-order valence-electron chi connectivity index (χ2n) is 6.23. The maximum atomic E-state index is 13.7. The Morgan fingerprint density at radius 3 is 2.77 bits per heavy atom. The molecule has 3 N–H and O–H groups in total. The number of nitrogens with zero attached hydrogens (tertiary/aromatic N) is 1. The van der Waals surface area contributed by atoms with E-state index in [2.05, 4.69) is 5.32 Å². The quantitative estimate of drug-likeness (QED) is 0.881. The van der Waals surface area contributed by atoms with E-state index in [-0.39, 0.29) is 24.2 Å². The number of nitrogens with one attached hydrogen (secondary N) is 1. The smallest absolute Gasteiger partial charge is 0.268 e. The molecule has 0 fully saturated rings. The molecule has 0 spiro atoms. The van der Waals surface area contributed by atoms with Crippen molar-refractivity contribution in [2.75, 3.05) is 16.8 Å². The van der Waals surface area contributed by atoms with E-state index in [4.69, 9.17) is 10.5 Å². The van der Waals surface area contributed by atoms with Crippen LogP contribution in [0.3, 0.4) is 0 Å². The number of nitrogens with two attached hydrogens (primary N) is 1. The molecule has 2 atom stereocenters. The van der Waals surface area contributed by atoms with Gasteiger partial charge in [0.05, 0.1) is 11.4 Å². The minimum absolute atomic E-state index is 0.0656. The SMILES string of the molecule is CC1Oc2ccc(C(C)N)cc2N(CC(=O)Nc2ccccc2F)C1=O. The van der Waals surface area contributed by atoms with Gasteiger partial charge in [0, 0.05) is 6.04 Å². The molecule has 2 aromatic rings. The summed E-state index contributed by atoms with van der Waals surface area (Å²) in [7, 11) is 0. The van der Waals surface area contributed by atoms with Gasteiger partial charge in [0.15, 0.2) is 6.10 Å². The van der Waals surface area contributed by atoms with Crippen LogP contribution in [-0.4, -0.2) is 24.5 Å². The third-order valence-corrected chi connectivity index (χ3v) is 4.17. The molecule has 2 unspecified atom stereocenters. The molecule has 0 saturated carbocycles. The topological polar surface area (TPSA) is 84.7 Å². The molecule has 1 heterocycles. The van der Waals surface area contributed by atoms with Crippen LogP contribution in [0.1, 0.15) is 25.5 Å². The van der Waals surface area contributed by atoms with E-state index in [0.29, 0.717) is 11.4 Å². The number of carbonyl (C=O) groups excluding carboxylic acids is 2. The molecule has 0 radical (unpaired) electrons. The summed E-state index contributed by atoms with van der Waals surface area (Å²) in [4.78, 5) is 26.3. The number of hydrogen-bond donors (Lipinski definition) is 2. The number of hydrogen-bond acceptors (Lipinski definition) is 4. The normalized spacial score (nSPS) is 17.3. The molecule has 2 amide bonds. The first-order valence-electron chi connectivity index (χ1n) is 8.28. The molecule has 6 nitrogen and oxygen atoms in total. The van der Waals surface area contributed by atoms with Gasteiger partial charge in [-0.2, -0.15) is 0 Å². The molecule has 26 heavy (non-hydrogen) atoms. The first-order chi connectivity index (χ1) is 12.4. The molecular formula is C19H20FN3O3. The number of rotatable bonds is 4. The first kappa shape index (κ1) is 17.9. The fourth-order valence-corrected chi connectivity index (χ4v) is 2.77. The summed E-state index contributed by atoms with van der Waals surface area (Å²) >= 11 is 0. The summed E-state index contributed by atoms with van der Waals surface area (Å²) in [5.74, 6) is -0.889. The molecular weight excluding hydrogens is 337 g/mol. The van der Waals surface area contributed by atoms with Gasteiger partial charge in [0.25, 0.3) is 5.91 Å². The average molecular weight is 357 g/mol. The minimum atomic E-state index is -0.718. The summed E-state index contributed by atoms with van der Waals surface area (Å²) in [5, 5.41) is 2.49. The predicted molar refractivity (Wildman–Crippen MR) is 96.5 cm³/mol. The second-order valence-corrected chi connectivity index (χ2v) is 6.23. The van der Waals surface area contributed by atoms with Crippen molar-refractivity contribution in [3.05, 3.63) is 53.8 Å². The molecule has 0 bridgehead atoms. The van der Waals surface area contributed by atoms with Gasteiger partial charge in [-0.25, -0.2) is 4.39 Å². The van der Waals surface area contributed by atoms with Crippen LogP contribution in [0.5, 0.6) is 5.75 Å². The Kier molecular flexibility index (Phi) is 4.90. The van der Waals surface area contributed by atoms with Gasteiger partial charge in [-0.05, 0) is 43.7 Å². The fourth-order valence-electron chi connectivity index (χ4n) is 2.77. The Labute approximate surface area is 150 Å². The lowest BCUT2D eigenvalue weighted by molar-refractivity contribution is -0.127. The van der Waals surface area contributed by atoms with Crippen LogP contribution in [0, 0.1) is 5.82 Å². The number of benzene rings is 2. The Morgan fingerprint density at radius 2 is 2.08 bits per heavy atom. The monoisotopic (exact) mass is 357 g/mol. The van der Waals surface area contributed by atoms with Crippen LogP contribution in [0.2, 0.25) is 0 Å². The number of fused-ring (bicyclic) bond motifs is 1. The van der Waals surface area contributed by atoms with Crippen molar-refractivity contribution in [2.45, 2.75) is 26.0 Å². The number of halogens is 1. The average Bonchev–Trinajstić information content (AvgIpc) is 2.60. The number of amides is 2. The Hall–Kier alpha value is -2.93. The van der Waals surface area contributed by atoms with Crippen LogP contribution in [-0.2, 0) is 9.59 Å². The summed E-state index contributed by atoms with van der Waals surface area (Å²) in [5.41, 5.74) is 7.27. The molecule has 1 aliphatic rings. The van der Waals surface area contributed by atoms with E-state index >= 15 is 0 Å². The van der Waals surface area contributed by atoms with Crippen molar-refractivity contribution in [1.82, 2.24) is 0 Å². The maximum absolute atomic E-state index is 13.7. The van der Waals surface area contributed by atoms with E-state index in [0.717, 1.165) is 5.56 Å². The Morgan fingerprint density at radius 1 is 1.35 bits per heavy atom. The van der Waals surface area contributed by atoms with Gasteiger partial charge in [-0.1, -0.05) is 18.2 Å². The third kappa shape index (κ3) is 3.52. The fraction of sp³-hybridized carbons (Fsp3) is 0.263. The molecule has 136 valence electrons. The zero-order chi connectivity index (χ0) is 18.8. The van der Waals surface area contributed by atoms with Crippen molar-refractivity contribution in [2.24, 2.45) is 5.73 Å². The van der Waals surface area contributed by atoms with Crippen LogP contribution in [0.15, 0.2) is 42.5 Å². The summed E-state index contributed by atoms with van der Waals surface area (Å²) in [6.07, 6.45) is -0.718. The molecule has 0 saturated heterocycles. The Bertz CT molecular complexity index is 854. The first-order valence-corrected chi connectivity index (χ1v) is 8.28. The van der Waals surface area contributed by atoms with Crippen molar-refractivity contribution >= 4 is 23.2 Å². The van der Waals surface area contributed by atoms with Gasteiger partial charge in [0.2, 0.25) is 5.91 Å². The van der Waals surface area contributed by atoms with Crippen LogP contribution in [0.25, 0.3) is 0 Å². The van der Waals surface area contributed by atoms with E-state index in [1.54, 1.807) is 25.1 Å².